The van der Waals surface area contributed by atoms with Crippen LogP contribution >= 0.6 is 0 Å². The zero-order valence-electron chi connectivity index (χ0n) is 25.1. The molecule has 0 bridgehead atoms. The molecule has 0 saturated carbocycles. The van der Waals surface area contributed by atoms with Gasteiger partial charge in [-0.2, -0.15) is 0 Å². The molecule has 4 heterocycles. The molecule has 0 aromatic heterocycles. The van der Waals surface area contributed by atoms with Crippen molar-refractivity contribution in [3.8, 4) is 0 Å². The molecule has 0 unspecified atom stereocenters. The Morgan fingerprint density at radius 2 is 1.09 bits per heavy atom. The van der Waals surface area contributed by atoms with Crippen LogP contribution in [0.5, 0.6) is 0 Å². The molecule has 0 aromatic rings. The number of carbonyl (C=O) groups excluding carboxylic acids is 1. The Morgan fingerprint density at radius 1 is 0.596 bits per heavy atom. The molecule has 21 nitrogen and oxygen atoms in total. The molecular weight excluding hydrogens is 646 g/mol. The van der Waals surface area contributed by atoms with Crippen molar-refractivity contribution < 1.29 is 99.2 Å². The molecule has 21 heteroatoms. The van der Waals surface area contributed by atoms with Crippen LogP contribution in [0.3, 0.4) is 0 Å². The van der Waals surface area contributed by atoms with Crippen LogP contribution < -0.4 is 5.32 Å². The largest absolute Gasteiger partial charge is 0.394 e. The molecule has 4 aliphatic rings. The van der Waals surface area contributed by atoms with E-state index in [1.54, 1.807) is 0 Å². The van der Waals surface area contributed by atoms with E-state index in [1.165, 1.54) is 6.92 Å². The van der Waals surface area contributed by atoms with E-state index in [0.717, 1.165) is 0 Å². The third-order valence-electron chi connectivity index (χ3n) is 8.52. The lowest BCUT2D eigenvalue weighted by molar-refractivity contribution is -0.376. The summed E-state index contributed by atoms with van der Waals surface area (Å²) in [7, 11) is 0. The van der Waals surface area contributed by atoms with E-state index in [4.69, 9.17) is 33.2 Å². The smallest absolute Gasteiger partial charge is 0.217 e. The van der Waals surface area contributed by atoms with E-state index in [0.29, 0.717) is 0 Å². The molecule has 0 aliphatic carbocycles. The number of ether oxygens (including phenoxy) is 7. The van der Waals surface area contributed by atoms with Gasteiger partial charge in [0.1, 0.15) is 91.6 Å². The van der Waals surface area contributed by atoms with Crippen LogP contribution in [0.25, 0.3) is 0 Å². The Kier molecular flexibility index (Phi) is 13.6. The number of amides is 1. The molecule has 4 saturated heterocycles. The number of hydrogen-bond donors (Lipinski definition) is 13. The minimum absolute atomic E-state index is 0.211. The van der Waals surface area contributed by atoms with Gasteiger partial charge in [-0.1, -0.05) is 0 Å². The third-order valence-corrected chi connectivity index (χ3v) is 8.52. The summed E-state index contributed by atoms with van der Waals surface area (Å²) in [6.07, 6.45) is -30.6. The molecule has 13 N–H and O–H groups in total. The van der Waals surface area contributed by atoms with Crippen molar-refractivity contribution in [3.05, 3.63) is 0 Å². The Bertz CT molecular complexity index is 994. The van der Waals surface area contributed by atoms with Crippen molar-refractivity contribution in [2.45, 2.75) is 123 Å². The summed E-state index contributed by atoms with van der Waals surface area (Å²) in [5.74, 6) is -0.519. The van der Waals surface area contributed by atoms with Crippen LogP contribution in [0, 0.1) is 0 Å². The minimum Gasteiger partial charge on any atom is -0.394 e. The van der Waals surface area contributed by atoms with Crippen LogP contribution in [0.15, 0.2) is 0 Å². The number of aliphatic hydroxyl groups is 12. The average molecular weight is 692 g/mol. The first kappa shape index (κ1) is 38.5. The standard InChI is InChI=1S/C26H45NO20/c1-7(31)27-8-5-41-11(4-30)22(13(8)32)46-26-21(40)23(47-25-20(39)18(37)15(34)10(3-29)44-25)16(35)12(45-26)6-42-24-19(38)17(36)14(33)9(2-28)43-24/h8-26,28-30,32-40H,2-6H2,1H3,(H,27,31)/t8-,9+,10+,11+,12+,13+,14+,15+,16+,17-,18-,19-,20-,21-,22+,23-,24-,25+,26-/m0/s1. The monoisotopic (exact) mass is 691 g/mol. The highest BCUT2D eigenvalue weighted by Crippen LogP contribution is 2.32. The fourth-order valence-corrected chi connectivity index (χ4v) is 5.78. The number of aliphatic hydroxyl groups excluding tert-OH is 12. The van der Waals surface area contributed by atoms with E-state index < -0.39 is 149 Å². The highest BCUT2D eigenvalue weighted by molar-refractivity contribution is 5.73. The first-order valence-electron chi connectivity index (χ1n) is 15.0. The van der Waals surface area contributed by atoms with Crippen molar-refractivity contribution in [2.75, 3.05) is 33.0 Å². The molecule has 0 aromatic carbocycles. The van der Waals surface area contributed by atoms with Crippen LogP contribution in [0.1, 0.15) is 6.92 Å². The fraction of sp³-hybridized carbons (Fsp3) is 0.962. The summed E-state index contributed by atoms with van der Waals surface area (Å²) in [4.78, 5) is 11.6. The van der Waals surface area contributed by atoms with E-state index in [-0.39, 0.29) is 6.61 Å². The summed E-state index contributed by atoms with van der Waals surface area (Å²) >= 11 is 0. The lowest BCUT2D eigenvalue weighted by atomic mass is 9.95. The van der Waals surface area contributed by atoms with Gasteiger partial charge >= 0.3 is 0 Å². The van der Waals surface area contributed by atoms with Gasteiger partial charge < -0.3 is 99.8 Å². The summed E-state index contributed by atoms with van der Waals surface area (Å²) in [5, 5.41) is 126. The van der Waals surface area contributed by atoms with Crippen molar-refractivity contribution >= 4 is 5.91 Å². The van der Waals surface area contributed by atoms with Crippen molar-refractivity contribution in [1.29, 1.82) is 0 Å². The minimum atomic E-state index is -1.99. The summed E-state index contributed by atoms with van der Waals surface area (Å²) in [5.41, 5.74) is 0. The number of hydrogen-bond acceptors (Lipinski definition) is 20. The number of rotatable bonds is 11. The molecule has 4 aliphatic heterocycles. The SMILES string of the molecule is CC(=O)N[C@H]1CO[C@H](CO)[C@@H](O[C@@H]2O[C@H](CO[C@H]3O[C@H](CO)[C@@H](O)[C@H](O)[C@@H]3O)[C@@H](O)[C@H](O[C@H]3O[C@H](CO)[C@@H](O)[C@H](O)[C@@H]3O)[C@@H]2O)[C@@H]1O. The summed E-state index contributed by atoms with van der Waals surface area (Å²) in [6.45, 7) is -2.00. The molecule has 4 fully saturated rings. The van der Waals surface area contributed by atoms with Gasteiger partial charge in [0.15, 0.2) is 18.9 Å². The molecule has 0 spiro atoms. The molecular formula is C26H45NO20. The maximum atomic E-state index is 11.6. The second kappa shape index (κ2) is 16.6. The number of carbonyl (C=O) groups is 1. The maximum Gasteiger partial charge on any atom is 0.217 e. The maximum absolute atomic E-state index is 11.6. The van der Waals surface area contributed by atoms with Gasteiger partial charge in [-0.05, 0) is 0 Å². The zero-order chi connectivity index (χ0) is 34.7. The molecule has 4 rings (SSSR count). The predicted molar refractivity (Wildman–Crippen MR) is 144 cm³/mol. The lowest BCUT2D eigenvalue weighted by Crippen LogP contribution is -2.67. The van der Waals surface area contributed by atoms with Gasteiger partial charge in [-0.15, -0.1) is 0 Å². The van der Waals surface area contributed by atoms with E-state index in [1.807, 2.05) is 0 Å². The highest BCUT2D eigenvalue weighted by Gasteiger charge is 2.53. The van der Waals surface area contributed by atoms with Crippen molar-refractivity contribution in [1.82, 2.24) is 5.32 Å². The van der Waals surface area contributed by atoms with Crippen molar-refractivity contribution in [3.63, 3.8) is 0 Å². The van der Waals surface area contributed by atoms with Gasteiger partial charge in [0.05, 0.1) is 39.1 Å². The first-order chi connectivity index (χ1) is 22.2. The Labute approximate surface area is 267 Å². The quantitative estimate of drug-likeness (QED) is 0.0956. The van der Waals surface area contributed by atoms with Crippen LogP contribution in [0.2, 0.25) is 0 Å². The van der Waals surface area contributed by atoms with Gasteiger partial charge in [-0.25, -0.2) is 0 Å². The number of nitrogens with one attached hydrogen (secondary N) is 1. The van der Waals surface area contributed by atoms with Gasteiger partial charge in [-0.3, -0.25) is 4.79 Å². The highest BCUT2D eigenvalue weighted by atomic mass is 16.8. The topological polar surface area (TPSA) is 336 Å². The van der Waals surface area contributed by atoms with Crippen LogP contribution in [-0.4, -0.2) is 217 Å². The normalized spacial score (nSPS) is 49.4. The Morgan fingerprint density at radius 3 is 1.64 bits per heavy atom. The zero-order valence-corrected chi connectivity index (χ0v) is 25.1. The second-order valence-electron chi connectivity index (χ2n) is 11.8. The van der Waals surface area contributed by atoms with Gasteiger partial charge in [0.25, 0.3) is 0 Å². The van der Waals surface area contributed by atoms with Crippen molar-refractivity contribution in [2.24, 2.45) is 0 Å². The molecule has 274 valence electrons. The Hall–Kier alpha value is -1.29. The van der Waals surface area contributed by atoms with E-state index in [2.05, 4.69) is 5.32 Å². The fourth-order valence-electron chi connectivity index (χ4n) is 5.78. The van der Waals surface area contributed by atoms with Gasteiger partial charge in [0.2, 0.25) is 5.91 Å². The first-order valence-corrected chi connectivity index (χ1v) is 15.0. The molecule has 0 radical (unpaired) electrons. The van der Waals surface area contributed by atoms with Gasteiger partial charge in [0, 0.05) is 6.92 Å². The molecule has 47 heavy (non-hydrogen) atoms. The molecule has 1 amide bonds. The van der Waals surface area contributed by atoms with Crippen LogP contribution in [0.4, 0.5) is 0 Å². The Balaban J connectivity index is 1.57. The lowest BCUT2D eigenvalue weighted by Gasteiger charge is -2.48. The van der Waals surface area contributed by atoms with E-state index in [9.17, 15) is 66.1 Å². The van der Waals surface area contributed by atoms with E-state index >= 15 is 0 Å². The average Bonchev–Trinajstić information content (AvgIpc) is 3.04. The third kappa shape index (κ3) is 8.37. The predicted octanol–water partition coefficient (Wildman–Crippen LogP) is -8.92. The second-order valence-corrected chi connectivity index (χ2v) is 11.8. The molecule has 19 atom stereocenters. The summed E-state index contributed by atoms with van der Waals surface area (Å²) < 4.78 is 38.9. The summed E-state index contributed by atoms with van der Waals surface area (Å²) in [6, 6.07) is -1.02. The van der Waals surface area contributed by atoms with Crippen LogP contribution in [-0.2, 0) is 38.0 Å².